The highest BCUT2D eigenvalue weighted by molar-refractivity contribution is 7.18. The van der Waals surface area contributed by atoms with E-state index in [4.69, 9.17) is 10.5 Å². The van der Waals surface area contributed by atoms with E-state index in [9.17, 15) is 9.59 Å². The Hall–Kier alpha value is -4.83. The van der Waals surface area contributed by atoms with E-state index in [0.717, 1.165) is 37.7 Å². The minimum atomic E-state index is -0.225. The number of aromatic nitrogens is 2. The summed E-state index contributed by atoms with van der Waals surface area (Å²) >= 11 is 1.57. The number of methoxy groups -OCH3 is 1. The first-order chi connectivity index (χ1) is 19.4. The van der Waals surface area contributed by atoms with Crippen LogP contribution in [0.5, 0.6) is 5.75 Å². The number of hydrogen-bond acceptors (Lipinski definition) is 6. The topological polar surface area (TPSA) is 123 Å². The number of carbonyl (C=O) groups excluding carboxylic acids is 2. The fraction of sp³-hybridized carbons (Fsp3) is 0.167. The van der Waals surface area contributed by atoms with E-state index >= 15 is 0 Å². The number of para-hydroxylation sites is 1. The summed E-state index contributed by atoms with van der Waals surface area (Å²) < 4.78 is 8.53. The first-order valence-corrected chi connectivity index (χ1v) is 13.7. The summed E-state index contributed by atoms with van der Waals surface area (Å²) in [5, 5.41) is 12.3. The van der Waals surface area contributed by atoms with Gasteiger partial charge in [-0.3, -0.25) is 4.79 Å². The second-order valence-corrected chi connectivity index (χ2v) is 9.99. The third kappa shape index (κ3) is 5.21. The molecule has 5 N–H and O–H groups in total. The Kier molecular flexibility index (Phi) is 7.70. The number of anilines is 2. The zero-order valence-corrected chi connectivity index (χ0v) is 23.3. The van der Waals surface area contributed by atoms with Gasteiger partial charge in [0.15, 0.2) is 0 Å². The molecule has 40 heavy (non-hydrogen) atoms. The minimum absolute atomic E-state index is 0.211. The highest BCUT2D eigenvalue weighted by Crippen LogP contribution is 2.41. The average molecular weight is 555 g/mol. The van der Waals surface area contributed by atoms with Crippen LogP contribution in [0.2, 0.25) is 0 Å². The number of nitrogens with two attached hydrogens (primary N) is 1. The number of fused-ring (bicyclic) bond motifs is 2. The van der Waals surface area contributed by atoms with Crippen molar-refractivity contribution in [2.24, 2.45) is 7.05 Å². The molecule has 2 aromatic carbocycles. The van der Waals surface area contributed by atoms with Gasteiger partial charge in [0, 0.05) is 58.5 Å². The number of aryl methyl sites for hydroxylation is 1. The van der Waals surface area contributed by atoms with Crippen molar-refractivity contribution in [3.8, 4) is 16.9 Å². The molecule has 0 bridgehead atoms. The molecule has 5 aromatic rings. The Bertz CT molecular complexity index is 1750. The van der Waals surface area contributed by atoms with E-state index in [1.807, 2.05) is 84.6 Å². The average Bonchev–Trinajstić information content (AvgIpc) is 3.55. The smallest absolute Gasteiger partial charge is 0.315 e. The maximum absolute atomic E-state index is 13.2. The van der Waals surface area contributed by atoms with Gasteiger partial charge in [0.05, 0.1) is 12.8 Å². The molecule has 3 amide bonds. The second-order valence-electron chi connectivity index (χ2n) is 9.11. The van der Waals surface area contributed by atoms with Crippen LogP contribution in [0.4, 0.5) is 16.3 Å². The molecule has 3 heterocycles. The third-order valence-electron chi connectivity index (χ3n) is 6.61. The first kappa shape index (κ1) is 26.8. The normalized spacial score (nSPS) is 11.3. The lowest BCUT2D eigenvalue weighted by atomic mass is 10.0. The summed E-state index contributed by atoms with van der Waals surface area (Å²) in [4.78, 5) is 29.2. The van der Waals surface area contributed by atoms with E-state index in [1.165, 1.54) is 0 Å². The third-order valence-corrected chi connectivity index (χ3v) is 7.64. The van der Waals surface area contributed by atoms with Gasteiger partial charge in [-0.1, -0.05) is 36.4 Å². The number of hydrogen-bond donors (Lipinski definition) is 4. The Morgan fingerprint density at radius 1 is 1.15 bits per heavy atom. The van der Waals surface area contributed by atoms with Gasteiger partial charge in [0.2, 0.25) is 0 Å². The zero-order valence-electron chi connectivity index (χ0n) is 22.4. The Morgan fingerprint density at radius 2 is 1.98 bits per heavy atom. The number of nitrogen functional groups attached to an aromatic ring is 1. The molecule has 10 heteroatoms. The summed E-state index contributed by atoms with van der Waals surface area (Å²) in [6, 6.07) is 15.2. The standard InChI is InChI=1S/C30H30N6O3S/c1-4-32-30(38)33-13-7-9-20-16-34-28(31)26-21(17-40-27(20)26)18-11-12-22(25(15-18)39-3)35-29(37)24-14-19-8-5-6-10-23(19)36(24)2/h5-12,14-17H,4,13H2,1-3H3,(H2,31,34)(H,35,37)(H2,32,33,38)/b9-7+. The lowest BCUT2D eigenvalue weighted by Gasteiger charge is -2.13. The number of ether oxygens (including phenoxy) is 1. The van der Waals surface area contributed by atoms with E-state index in [1.54, 1.807) is 24.6 Å². The fourth-order valence-electron chi connectivity index (χ4n) is 4.63. The number of rotatable bonds is 8. The molecule has 0 aliphatic carbocycles. The van der Waals surface area contributed by atoms with Crippen LogP contribution in [-0.4, -0.2) is 41.7 Å². The molecule has 0 aliphatic heterocycles. The van der Waals surface area contributed by atoms with Crippen LogP contribution >= 0.6 is 11.3 Å². The SMILES string of the molecule is CCNC(=O)NC/C=C/c1cnc(N)c2c(-c3ccc(NC(=O)c4cc5ccccc5n4C)c(OC)c3)csc12. The number of nitrogens with one attached hydrogen (secondary N) is 3. The number of urea groups is 1. The van der Waals surface area contributed by atoms with E-state index in [0.29, 0.717) is 36.0 Å². The molecule has 5 rings (SSSR count). The molecule has 0 saturated heterocycles. The van der Waals surface area contributed by atoms with Gasteiger partial charge in [0.25, 0.3) is 5.91 Å². The van der Waals surface area contributed by atoms with Gasteiger partial charge >= 0.3 is 6.03 Å². The van der Waals surface area contributed by atoms with Crippen LogP contribution in [0, 0.1) is 0 Å². The van der Waals surface area contributed by atoms with Crippen LogP contribution in [0.25, 0.3) is 38.2 Å². The van der Waals surface area contributed by atoms with Crippen molar-refractivity contribution >= 4 is 61.8 Å². The largest absolute Gasteiger partial charge is 0.495 e. The molecular formula is C30H30N6O3S. The van der Waals surface area contributed by atoms with Crippen LogP contribution in [0.3, 0.4) is 0 Å². The lowest BCUT2D eigenvalue weighted by Crippen LogP contribution is -2.35. The summed E-state index contributed by atoms with van der Waals surface area (Å²) in [5.74, 6) is 0.733. The number of carbonyl (C=O) groups is 2. The fourth-order valence-corrected chi connectivity index (χ4v) is 5.71. The zero-order chi connectivity index (χ0) is 28.2. The summed E-state index contributed by atoms with van der Waals surface area (Å²) in [7, 11) is 3.45. The number of amides is 3. The monoisotopic (exact) mass is 554 g/mol. The first-order valence-electron chi connectivity index (χ1n) is 12.8. The summed E-state index contributed by atoms with van der Waals surface area (Å²) in [5.41, 5.74) is 11.1. The van der Waals surface area contributed by atoms with Crippen molar-refractivity contribution in [2.75, 3.05) is 31.2 Å². The molecule has 0 saturated carbocycles. The molecule has 0 unspecified atom stereocenters. The molecule has 0 atom stereocenters. The molecule has 0 spiro atoms. The van der Waals surface area contributed by atoms with Gasteiger partial charge in [-0.15, -0.1) is 11.3 Å². The number of benzene rings is 2. The second kappa shape index (κ2) is 11.5. The van der Waals surface area contributed by atoms with E-state index < -0.39 is 0 Å². The maximum atomic E-state index is 13.2. The van der Waals surface area contributed by atoms with Crippen LogP contribution in [-0.2, 0) is 7.05 Å². The lowest BCUT2D eigenvalue weighted by molar-refractivity contribution is 0.101. The van der Waals surface area contributed by atoms with Crippen LogP contribution < -0.4 is 26.4 Å². The number of nitrogens with zero attached hydrogens (tertiary/aromatic N) is 2. The van der Waals surface area contributed by atoms with Crippen molar-refractivity contribution < 1.29 is 14.3 Å². The van der Waals surface area contributed by atoms with Crippen molar-refractivity contribution in [3.63, 3.8) is 0 Å². The molecular weight excluding hydrogens is 524 g/mol. The predicted molar refractivity (Wildman–Crippen MR) is 163 cm³/mol. The molecule has 0 radical (unpaired) electrons. The van der Waals surface area contributed by atoms with Crippen molar-refractivity contribution in [2.45, 2.75) is 6.92 Å². The molecule has 204 valence electrons. The van der Waals surface area contributed by atoms with Crippen molar-refractivity contribution in [1.82, 2.24) is 20.2 Å². The van der Waals surface area contributed by atoms with Gasteiger partial charge in [-0.2, -0.15) is 0 Å². The Balaban J connectivity index is 1.41. The highest BCUT2D eigenvalue weighted by Gasteiger charge is 2.18. The van der Waals surface area contributed by atoms with Gasteiger partial charge in [-0.25, -0.2) is 9.78 Å². The van der Waals surface area contributed by atoms with E-state index in [-0.39, 0.29) is 11.9 Å². The Morgan fingerprint density at radius 3 is 2.75 bits per heavy atom. The maximum Gasteiger partial charge on any atom is 0.315 e. The number of pyridine rings is 1. The van der Waals surface area contributed by atoms with E-state index in [2.05, 4.69) is 20.9 Å². The quantitative estimate of drug-likeness (QED) is 0.198. The summed E-state index contributed by atoms with van der Waals surface area (Å²) in [6.07, 6.45) is 5.53. The van der Waals surface area contributed by atoms with Crippen LogP contribution in [0.1, 0.15) is 23.0 Å². The molecule has 0 aliphatic rings. The van der Waals surface area contributed by atoms with Gasteiger partial charge in [-0.05, 0) is 42.1 Å². The minimum Gasteiger partial charge on any atom is -0.495 e. The Labute approximate surface area is 235 Å². The summed E-state index contributed by atoms with van der Waals surface area (Å²) in [6.45, 7) is 2.82. The van der Waals surface area contributed by atoms with Gasteiger partial charge in [0.1, 0.15) is 17.3 Å². The van der Waals surface area contributed by atoms with Crippen molar-refractivity contribution in [1.29, 1.82) is 0 Å². The van der Waals surface area contributed by atoms with Gasteiger partial charge < -0.3 is 31.0 Å². The highest BCUT2D eigenvalue weighted by atomic mass is 32.1. The molecule has 0 fully saturated rings. The number of thiophene rings is 1. The van der Waals surface area contributed by atoms with Crippen LogP contribution in [0.15, 0.2) is 66.2 Å². The predicted octanol–water partition coefficient (Wildman–Crippen LogP) is 5.63. The van der Waals surface area contributed by atoms with Crippen molar-refractivity contribution in [3.05, 3.63) is 77.4 Å². The molecule has 9 nitrogen and oxygen atoms in total. The molecule has 3 aromatic heterocycles.